The van der Waals surface area contributed by atoms with Crippen molar-refractivity contribution in [1.29, 1.82) is 0 Å². The summed E-state index contributed by atoms with van der Waals surface area (Å²) in [5.74, 6) is -0.582. The second-order valence-corrected chi connectivity index (χ2v) is 6.85. The maximum Gasteiger partial charge on any atom is 0.253 e. The Morgan fingerprint density at radius 1 is 1.35 bits per heavy atom. The molecular formula is C20H27N3O3. The van der Waals surface area contributed by atoms with Crippen LogP contribution in [0.4, 0.5) is 5.69 Å². The van der Waals surface area contributed by atoms with Gasteiger partial charge >= 0.3 is 0 Å². The van der Waals surface area contributed by atoms with Crippen molar-refractivity contribution in [2.45, 2.75) is 26.7 Å². The number of rotatable bonds is 6. The highest BCUT2D eigenvalue weighted by Gasteiger charge is 2.28. The molecule has 1 aromatic carbocycles. The van der Waals surface area contributed by atoms with Crippen LogP contribution in [-0.4, -0.2) is 42.3 Å². The lowest BCUT2D eigenvalue weighted by molar-refractivity contribution is -0.126. The van der Waals surface area contributed by atoms with Gasteiger partial charge in [-0.2, -0.15) is 0 Å². The molecule has 1 heterocycles. The van der Waals surface area contributed by atoms with E-state index < -0.39 is 0 Å². The van der Waals surface area contributed by atoms with Crippen LogP contribution in [0.3, 0.4) is 0 Å². The van der Waals surface area contributed by atoms with E-state index in [4.69, 9.17) is 0 Å². The summed E-state index contributed by atoms with van der Waals surface area (Å²) in [5.41, 5.74) is 1.12. The summed E-state index contributed by atoms with van der Waals surface area (Å²) in [7, 11) is 0. The first kappa shape index (κ1) is 19.7. The zero-order valence-corrected chi connectivity index (χ0v) is 15.5. The van der Waals surface area contributed by atoms with Gasteiger partial charge in [0.05, 0.1) is 5.92 Å². The Bertz CT molecular complexity index is 685. The largest absolute Gasteiger partial charge is 0.352 e. The van der Waals surface area contributed by atoms with Crippen molar-refractivity contribution in [1.82, 2.24) is 10.2 Å². The summed E-state index contributed by atoms with van der Waals surface area (Å²) < 4.78 is 0. The second kappa shape index (κ2) is 9.17. The van der Waals surface area contributed by atoms with E-state index in [1.54, 1.807) is 35.2 Å². The van der Waals surface area contributed by atoms with E-state index >= 15 is 0 Å². The van der Waals surface area contributed by atoms with Crippen LogP contribution in [0.5, 0.6) is 0 Å². The third kappa shape index (κ3) is 5.18. The van der Waals surface area contributed by atoms with E-state index in [9.17, 15) is 14.4 Å². The molecule has 0 aliphatic carbocycles. The zero-order chi connectivity index (χ0) is 19.1. The molecule has 6 heteroatoms. The van der Waals surface area contributed by atoms with Crippen LogP contribution in [0.2, 0.25) is 0 Å². The molecule has 26 heavy (non-hydrogen) atoms. The van der Waals surface area contributed by atoms with Gasteiger partial charge in [-0.3, -0.25) is 14.4 Å². The zero-order valence-electron chi connectivity index (χ0n) is 15.5. The minimum atomic E-state index is -0.198. The molecule has 1 unspecified atom stereocenters. The number of anilines is 1. The van der Waals surface area contributed by atoms with Crippen molar-refractivity contribution in [3.05, 3.63) is 42.5 Å². The van der Waals surface area contributed by atoms with Crippen LogP contribution < -0.4 is 10.6 Å². The first-order valence-corrected chi connectivity index (χ1v) is 9.01. The topological polar surface area (TPSA) is 78.5 Å². The summed E-state index contributed by atoms with van der Waals surface area (Å²) in [4.78, 5) is 38.5. The van der Waals surface area contributed by atoms with E-state index in [0.29, 0.717) is 30.9 Å². The van der Waals surface area contributed by atoms with Crippen molar-refractivity contribution in [3.8, 4) is 0 Å². The number of carbonyl (C=O) groups is 3. The van der Waals surface area contributed by atoms with Crippen LogP contribution in [0.25, 0.3) is 0 Å². The molecule has 2 rings (SSSR count). The Morgan fingerprint density at radius 3 is 2.81 bits per heavy atom. The molecule has 1 aliphatic rings. The first-order valence-electron chi connectivity index (χ1n) is 9.01. The molecule has 140 valence electrons. The Hall–Kier alpha value is -2.63. The fraction of sp³-hybridized carbons (Fsp3) is 0.450. The average Bonchev–Trinajstić information content (AvgIpc) is 2.65. The quantitative estimate of drug-likeness (QED) is 0.768. The Morgan fingerprint density at radius 2 is 2.12 bits per heavy atom. The van der Waals surface area contributed by atoms with Gasteiger partial charge in [0.25, 0.3) is 5.91 Å². The van der Waals surface area contributed by atoms with Crippen LogP contribution in [0.15, 0.2) is 36.9 Å². The van der Waals surface area contributed by atoms with E-state index in [2.05, 4.69) is 17.2 Å². The number of amides is 3. The second-order valence-electron chi connectivity index (χ2n) is 6.85. The predicted octanol–water partition coefficient (Wildman–Crippen LogP) is 2.44. The normalized spacial score (nSPS) is 16.9. The predicted molar refractivity (Wildman–Crippen MR) is 102 cm³/mol. The van der Waals surface area contributed by atoms with E-state index in [1.165, 1.54) is 0 Å². The fourth-order valence-electron chi connectivity index (χ4n) is 2.89. The van der Waals surface area contributed by atoms with Crippen LogP contribution in [-0.2, 0) is 9.59 Å². The van der Waals surface area contributed by atoms with Gasteiger partial charge < -0.3 is 15.5 Å². The van der Waals surface area contributed by atoms with Gasteiger partial charge in [0.2, 0.25) is 11.8 Å². The monoisotopic (exact) mass is 357 g/mol. The Labute approximate surface area is 154 Å². The Balaban J connectivity index is 2.04. The number of nitrogens with one attached hydrogen (secondary N) is 2. The van der Waals surface area contributed by atoms with Crippen molar-refractivity contribution < 1.29 is 14.4 Å². The van der Waals surface area contributed by atoms with Gasteiger partial charge in [0.15, 0.2) is 0 Å². The van der Waals surface area contributed by atoms with Crippen LogP contribution in [0, 0.1) is 11.8 Å². The lowest BCUT2D eigenvalue weighted by Gasteiger charge is -2.32. The molecule has 3 amide bonds. The van der Waals surface area contributed by atoms with Gasteiger partial charge in [-0.05, 0) is 31.0 Å². The lowest BCUT2D eigenvalue weighted by Crippen LogP contribution is -2.45. The van der Waals surface area contributed by atoms with Crippen molar-refractivity contribution in [3.63, 3.8) is 0 Å². The average molecular weight is 357 g/mol. The number of likely N-dealkylation sites (tertiary alicyclic amines) is 1. The molecule has 1 saturated heterocycles. The maximum atomic E-state index is 12.8. The van der Waals surface area contributed by atoms with Gasteiger partial charge in [-0.15, -0.1) is 6.58 Å². The smallest absolute Gasteiger partial charge is 0.253 e. The standard InChI is InChI=1S/C20H27N3O3/c1-4-10-21-19(25)16-8-6-11-23(13-16)20(26)15-7-5-9-17(12-15)22-18(24)14(2)3/h4-5,7,9,12,14,16H,1,6,8,10-11,13H2,2-3H3,(H,21,25)(H,22,24). The highest BCUT2D eigenvalue weighted by Crippen LogP contribution is 2.20. The first-order chi connectivity index (χ1) is 12.4. The minimum Gasteiger partial charge on any atom is -0.352 e. The number of hydrogen-bond acceptors (Lipinski definition) is 3. The molecule has 1 aromatic rings. The molecule has 6 nitrogen and oxygen atoms in total. The van der Waals surface area contributed by atoms with E-state index in [1.807, 2.05) is 13.8 Å². The molecule has 0 radical (unpaired) electrons. The highest BCUT2D eigenvalue weighted by molar-refractivity contribution is 5.97. The summed E-state index contributed by atoms with van der Waals surface area (Å²) in [6.07, 6.45) is 3.21. The van der Waals surface area contributed by atoms with Crippen LogP contribution >= 0.6 is 0 Å². The molecule has 1 atom stereocenters. The van der Waals surface area contributed by atoms with Gasteiger partial charge in [0.1, 0.15) is 0 Å². The van der Waals surface area contributed by atoms with Crippen molar-refractivity contribution in [2.24, 2.45) is 11.8 Å². The number of hydrogen-bond donors (Lipinski definition) is 2. The maximum absolute atomic E-state index is 12.8. The molecule has 0 bridgehead atoms. The molecule has 1 aliphatic heterocycles. The van der Waals surface area contributed by atoms with Crippen molar-refractivity contribution >= 4 is 23.4 Å². The number of nitrogens with zero attached hydrogens (tertiary/aromatic N) is 1. The third-order valence-corrected chi connectivity index (χ3v) is 4.40. The molecule has 0 saturated carbocycles. The highest BCUT2D eigenvalue weighted by atomic mass is 16.2. The van der Waals surface area contributed by atoms with E-state index in [-0.39, 0.29) is 29.6 Å². The molecule has 2 N–H and O–H groups in total. The third-order valence-electron chi connectivity index (χ3n) is 4.40. The Kier molecular flexibility index (Phi) is 6.95. The lowest BCUT2D eigenvalue weighted by atomic mass is 9.96. The van der Waals surface area contributed by atoms with Crippen molar-refractivity contribution in [2.75, 3.05) is 25.0 Å². The molecule has 0 aromatic heterocycles. The minimum absolute atomic E-state index is 0.0413. The van der Waals surface area contributed by atoms with Gasteiger partial charge in [-0.25, -0.2) is 0 Å². The SMILES string of the molecule is C=CCNC(=O)C1CCCN(C(=O)c2cccc(NC(=O)C(C)C)c2)C1. The molecule has 1 fully saturated rings. The van der Waals surface area contributed by atoms with Crippen LogP contribution in [0.1, 0.15) is 37.0 Å². The number of piperidine rings is 1. The summed E-state index contributed by atoms with van der Waals surface area (Å²) in [6.45, 7) is 8.69. The van der Waals surface area contributed by atoms with Gasteiger partial charge in [-0.1, -0.05) is 26.0 Å². The summed E-state index contributed by atoms with van der Waals surface area (Å²) in [6, 6.07) is 6.93. The number of carbonyl (C=O) groups excluding carboxylic acids is 3. The molecular weight excluding hydrogens is 330 g/mol. The van der Waals surface area contributed by atoms with Gasteiger partial charge in [0, 0.05) is 36.8 Å². The summed E-state index contributed by atoms with van der Waals surface area (Å²) in [5, 5.41) is 5.61. The van der Waals surface area contributed by atoms with E-state index in [0.717, 1.165) is 12.8 Å². The molecule has 0 spiro atoms. The number of benzene rings is 1. The fourth-order valence-corrected chi connectivity index (χ4v) is 2.89. The summed E-state index contributed by atoms with van der Waals surface area (Å²) >= 11 is 0.